The summed E-state index contributed by atoms with van der Waals surface area (Å²) in [5.41, 5.74) is 0.968. The van der Waals surface area contributed by atoms with Gasteiger partial charge in [0.05, 0.1) is 19.5 Å². The van der Waals surface area contributed by atoms with E-state index in [2.05, 4.69) is 22.2 Å². The lowest BCUT2D eigenvalue weighted by Gasteiger charge is -2.17. The second kappa shape index (κ2) is 8.12. The van der Waals surface area contributed by atoms with Gasteiger partial charge in [-0.1, -0.05) is 13.3 Å². The van der Waals surface area contributed by atoms with E-state index < -0.39 is 0 Å². The van der Waals surface area contributed by atoms with Crippen LogP contribution < -0.4 is 15.0 Å². The number of rotatable bonds is 7. The predicted octanol–water partition coefficient (Wildman–Crippen LogP) is 2.97. The number of methoxy groups -OCH3 is 1. The molecule has 2 aromatic rings. The molecule has 0 radical (unpaired) electrons. The molecule has 23 heavy (non-hydrogen) atoms. The number of nitrogens with one attached hydrogen (secondary N) is 1. The van der Waals surface area contributed by atoms with E-state index in [-0.39, 0.29) is 11.6 Å². The SMILES string of the molecule is CCCCN(C)c1cnc(C(=O)Nc2ccc(OC)cc2)cn1. The molecule has 0 saturated heterocycles. The number of amides is 1. The summed E-state index contributed by atoms with van der Waals surface area (Å²) in [5, 5.41) is 2.78. The number of aromatic nitrogens is 2. The summed E-state index contributed by atoms with van der Waals surface area (Å²) in [5.74, 6) is 1.21. The molecule has 0 spiro atoms. The van der Waals surface area contributed by atoms with Gasteiger partial charge < -0.3 is 15.0 Å². The van der Waals surface area contributed by atoms with Crippen molar-refractivity contribution in [2.75, 3.05) is 30.9 Å². The maximum absolute atomic E-state index is 12.2. The molecule has 1 N–H and O–H groups in total. The number of benzene rings is 1. The van der Waals surface area contributed by atoms with Gasteiger partial charge in [0.2, 0.25) is 0 Å². The first-order chi connectivity index (χ1) is 11.1. The highest BCUT2D eigenvalue weighted by Gasteiger charge is 2.10. The Labute approximate surface area is 136 Å². The highest BCUT2D eigenvalue weighted by Crippen LogP contribution is 2.16. The van der Waals surface area contributed by atoms with Gasteiger partial charge in [-0.3, -0.25) is 4.79 Å². The number of ether oxygens (including phenoxy) is 1. The first kappa shape index (κ1) is 16.7. The fraction of sp³-hybridized carbons (Fsp3) is 0.353. The second-order valence-electron chi connectivity index (χ2n) is 5.22. The summed E-state index contributed by atoms with van der Waals surface area (Å²) >= 11 is 0. The zero-order valence-electron chi connectivity index (χ0n) is 13.7. The number of anilines is 2. The number of carbonyl (C=O) groups is 1. The molecule has 1 aromatic carbocycles. The third kappa shape index (κ3) is 4.67. The molecular formula is C17H22N4O2. The normalized spacial score (nSPS) is 10.2. The van der Waals surface area contributed by atoms with Crippen LogP contribution in [0.1, 0.15) is 30.3 Å². The summed E-state index contributed by atoms with van der Waals surface area (Å²) in [6.45, 7) is 3.06. The van der Waals surface area contributed by atoms with Gasteiger partial charge in [-0.2, -0.15) is 0 Å². The van der Waals surface area contributed by atoms with Crippen LogP contribution in [0.25, 0.3) is 0 Å². The van der Waals surface area contributed by atoms with E-state index in [9.17, 15) is 4.79 Å². The summed E-state index contributed by atoms with van der Waals surface area (Å²) in [6, 6.07) is 7.12. The third-order valence-corrected chi connectivity index (χ3v) is 3.46. The standard InChI is InChI=1S/C17H22N4O2/c1-4-5-10-21(2)16-12-18-15(11-19-16)17(22)20-13-6-8-14(23-3)9-7-13/h6-9,11-12H,4-5,10H2,1-3H3,(H,20,22). The third-order valence-electron chi connectivity index (χ3n) is 3.46. The van der Waals surface area contributed by atoms with Crippen LogP contribution in [0.2, 0.25) is 0 Å². The molecule has 122 valence electrons. The Morgan fingerprint density at radius 2 is 1.96 bits per heavy atom. The van der Waals surface area contributed by atoms with E-state index in [4.69, 9.17) is 4.74 Å². The fourth-order valence-electron chi connectivity index (χ4n) is 2.01. The number of carbonyl (C=O) groups excluding carboxylic acids is 1. The molecule has 1 heterocycles. The van der Waals surface area contributed by atoms with Gasteiger partial charge in [0, 0.05) is 19.3 Å². The van der Waals surface area contributed by atoms with E-state index in [0.29, 0.717) is 5.69 Å². The summed E-state index contributed by atoms with van der Waals surface area (Å²) in [7, 11) is 3.57. The largest absolute Gasteiger partial charge is 0.497 e. The molecule has 2 rings (SSSR count). The maximum atomic E-state index is 12.2. The smallest absolute Gasteiger partial charge is 0.275 e. The fourth-order valence-corrected chi connectivity index (χ4v) is 2.01. The Kier molecular flexibility index (Phi) is 5.91. The van der Waals surface area contributed by atoms with Crippen molar-refractivity contribution in [2.45, 2.75) is 19.8 Å². The van der Waals surface area contributed by atoms with E-state index in [1.165, 1.54) is 6.20 Å². The molecule has 6 heteroatoms. The molecule has 0 aliphatic rings. The highest BCUT2D eigenvalue weighted by atomic mass is 16.5. The van der Waals surface area contributed by atoms with Crippen molar-refractivity contribution in [1.82, 2.24) is 9.97 Å². The average Bonchev–Trinajstić information content (AvgIpc) is 2.60. The first-order valence-corrected chi connectivity index (χ1v) is 7.62. The van der Waals surface area contributed by atoms with Crippen molar-refractivity contribution in [3.63, 3.8) is 0 Å². The number of hydrogen-bond donors (Lipinski definition) is 1. The van der Waals surface area contributed by atoms with Crippen molar-refractivity contribution >= 4 is 17.4 Å². The van der Waals surface area contributed by atoms with Gasteiger partial charge in [-0.05, 0) is 30.7 Å². The van der Waals surface area contributed by atoms with Gasteiger partial charge in [0.15, 0.2) is 0 Å². The van der Waals surface area contributed by atoms with Crippen molar-refractivity contribution in [2.24, 2.45) is 0 Å². The van der Waals surface area contributed by atoms with Gasteiger partial charge >= 0.3 is 0 Å². The van der Waals surface area contributed by atoms with Crippen LogP contribution in [0.5, 0.6) is 5.75 Å². The van der Waals surface area contributed by atoms with Crippen molar-refractivity contribution < 1.29 is 9.53 Å². The minimum Gasteiger partial charge on any atom is -0.497 e. The first-order valence-electron chi connectivity index (χ1n) is 7.62. The summed E-state index contributed by atoms with van der Waals surface area (Å²) in [4.78, 5) is 22.7. The van der Waals surface area contributed by atoms with Gasteiger partial charge in [-0.25, -0.2) is 9.97 Å². The lowest BCUT2D eigenvalue weighted by molar-refractivity contribution is 0.102. The zero-order chi connectivity index (χ0) is 16.7. The zero-order valence-corrected chi connectivity index (χ0v) is 13.7. The monoisotopic (exact) mass is 314 g/mol. The van der Waals surface area contributed by atoms with E-state index in [1.54, 1.807) is 37.6 Å². The predicted molar refractivity (Wildman–Crippen MR) is 91.2 cm³/mol. The average molecular weight is 314 g/mol. The Morgan fingerprint density at radius 1 is 1.22 bits per heavy atom. The minimum atomic E-state index is -0.287. The van der Waals surface area contributed by atoms with Gasteiger partial charge in [0.25, 0.3) is 5.91 Å². The molecular weight excluding hydrogens is 292 g/mol. The Hall–Kier alpha value is -2.63. The quantitative estimate of drug-likeness (QED) is 0.851. The molecule has 6 nitrogen and oxygen atoms in total. The molecule has 0 saturated carbocycles. The molecule has 0 aliphatic carbocycles. The molecule has 0 unspecified atom stereocenters. The van der Waals surface area contributed by atoms with Crippen LogP contribution in [0.15, 0.2) is 36.7 Å². The van der Waals surface area contributed by atoms with Crippen molar-refractivity contribution in [3.8, 4) is 5.75 Å². The lowest BCUT2D eigenvalue weighted by Crippen LogP contribution is -2.21. The number of hydrogen-bond acceptors (Lipinski definition) is 5. The van der Waals surface area contributed by atoms with Gasteiger partial charge in [0.1, 0.15) is 17.3 Å². The van der Waals surface area contributed by atoms with Crippen LogP contribution in [-0.2, 0) is 0 Å². The number of nitrogens with zero attached hydrogens (tertiary/aromatic N) is 3. The van der Waals surface area contributed by atoms with Gasteiger partial charge in [-0.15, -0.1) is 0 Å². The number of unbranched alkanes of at least 4 members (excludes halogenated alkanes) is 1. The molecule has 1 aromatic heterocycles. The van der Waals surface area contributed by atoms with Crippen molar-refractivity contribution in [1.29, 1.82) is 0 Å². The molecule has 1 amide bonds. The van der Waals surface area contributed by atoms with E-state index in [0.717, 1.165) is 31.0 Å². The summed E-state index contributed by atoms with van der Waals surface area (Å²) in [6.07, 6.45) is 5.34. The topological polar surface area (TPSA) is 67.4 Å². The van der Waals surface area contributed by atoms with Crippen molar-refractivity contribution in [3.05, 3.63) is 42.4 Å². The maximum Gasteiger partial charge on any atom is 0.275 e. The second-order valence-corrected chi connectivity index (χ2v) is 5.22. The van der Waals surface area contributed by atoms with E-state index in [1.807, 2.05) is 11.9 Å². The summed E-state index contributed by atoms with van der Waals surface area (Å²) < 4.78 is 5.08. The molecule has 0 atom stereocenters. The Bertz CT molecular complexity index is 626. The molecule has 0 aliphatic heterocycles. The minimum absolute atomic E-state index is 0.286. The van der Waals surface area contributed by atoms with Crippen LogP contribution in [0, 0.1) is 0 Å². The van der Waals surface area contributed by atoms with Crippen LogP contribution >= 0.6 is 0 Å². The van der Waals surface area contributed by atoms with Crippen LogP contribution in [0.3, 0.4) is 0 Å². The van der Waals surface area contributed by atoms with E-state index >= 15 is 0 Å². The lowest BCUT2D eigenvalue weighted by atomic mass is 10.3. The molecule has 0 bridgehead atoms. The van der Waals surface area contributed by atoms with Crippen LogP contribution in [0.4, 0.5) is 11.5 Å². The Balaban J connectivity index is 1.99. The van der Waals surface area contributed by atoms with Crippen LogP contribution in [-0.4, -0.2) is 36.6 Å². The Morgan fingerprint density at radius 3 is 2.52 bits per heavy atom. The highest BCUT2D eigenvalue weighted by molar-refractivity contribution is 6.02. The molecule has 0 fully saturated rings.